The summed E-state index contributed by atoms with van der Waals surface area (Å²) in [5.74, 6) is 0.778. The number of hydrogen-bond donors (Lipinski definition) is 1. The summed E-state index contributed by atoms with van der Waals surface area (Å²) < 4.78 is 10.7. The van der Waals surface area contributed by atoms with Crippen LogP contribution in [0.3, 0.4) is 0 Å². The standard InChI is InChI=1S/C21H17ClN2O3/c22-15-6-4-14(5-7-15)18(11-16-3-1-2-10-23-16)21(25)24-17-8-9-19-20(12-17)27-13-26-19/h1-10,12,18H,11,13H2,(H,24,25). The van der Waals surface area contributed by atoms with E-state index in [2.05, 4.69) is 10.3 Å². The maximum absolute atomic E-state index is 13.1. The van der Waals surface area contributed by atoms with E-state index in [4.69, 9.17) is 21.1 Å². The summed E-state index contributed by atoms with van der Waals surface area (Å²) in [4.78, 5) is 17.4. The Hall–Kier alpha value is -3.05. The predicted octanol–water partition coefficient (Wildman–Crippen LogP) is 4.43. The highest BCUT2D eigenvalue weighted by Gasteiger charge is 2.23. The monoisotopic (exact) mass is 380 g/mol. The summed E-state index contributed by atoms with van der Waals surface area (Å²) in [5.41, 5.74) is 2.38. The minimum atomic E-state index is -0.400. The quantitative estimate of drug-likeness (QED) is 0.711. The number of ether oxygens (including phenoxy) is 2. The van der Waals surface area contributed by atoms with Gasteiger partial charge in [0.2, 0.25) is 12.7 Å². The molecule has 1 N–H and O–H groups in total. The zero-order valence-corrected chi connectivity index (χ0v) is 15.1. The summed E-state index contributed by atoms with van der Waals surface area (Å²) in [6, 6.07) is 18.3. The largest absolute Gasteiger partial charge is 0.454 e. The molecular weight excluding hydrogens is 364 g/mol. The van der Waals surface area contributed by atoms with Gasteiger partial charge in [0, 0.05) is 35.1 Å². The van der Waals surface area contributed by atoms with E-state index < -0.39 is 5.92 Å². The summed E-state index contributed by atoms with van der Waals surface area (Å²) in [6.45, 7) is 0.194. The van der Waals surface area contributed by atoms with E-state index in [9.17, 15) is 4.79 Å². The van der Waals surface area contributed by atoms with Gasteiger partial charge in [-0.3, -0.25) is 9.78 Å². The third kappa shape index (κ3) is 4.04. The van der Waals surface area contributed by atoms with Gasteiger partial charge in [-0.15, -0.1) is 0 Å². The molecular formula is C21H17ClN2O3. The van der Waals surface area contributed by atoms with Gasteiger partial charge in [-0.1, -0.05) is 29.8 Å². The van der Waals surface area contributed by atoms with Crippen LogP contribution in [0, 0.1) is 0 Å². The topological polar surface area (TPSA) is 60.5 Å². The molecule has 0 bridgehead atoms. The fourth-order valence-electron chi connectivity index (χ4n) is 2.99. The number of halogens is 1. The first-order valence-corrected chi connectivity index (χ1v) is 8.93. The number of nitrogens with zero attached hydrogens (tertiary/aromatic N) is 1. The Labute approximate surface area is 161 Å². The fraction of sp³-hybridized carbons (Fsp3) is 0.143. The number of benzene rings is 2. The van der Waals surface area contributed by atoms with Crippen LogP contribution in [0.15, 0.2) is 66.9 Å². The number of fused-ring (bicyclic) bond motifs is 1. The molecule has 0 spiro atoms. The van der Waals surface area contributed by atoms with Crippen molar-refractivity contribution in [1.29, 1.82) is 0 Å². The second kappa shape index (κ2) is 7.68. The number of hydrogen-bond acceptors (Lipinski definition) is 4. The lowest BCUT2D eigenvalue weighted by Gasteiger charge is -2.17. The zero-order valence-electron chi connectivity index (χ0n) is 14.4. The number of nitrogens with one attached hydrogen (secondary N) is 1. The normalized spacial score (nSPS) is 13.2. The maximum atomic E-state index is 13.1. The van der Waals surface area contributed by atoms with E-state index in [0.717, 1.165) is 11.3 Å². The van der Waals surface area contributed by atoms with Gasteiger partial charge in [0.05, 0.1) is 5.92 Å². The third-order valence-electron chi connectivity index (χ3n) is 4.37. The molecule has 3 aromatic rings. The Morgan fingerprint density at radius 3 is 2.67 bits per heavy atom. The van der Waals surface area contributed by atoms with Crippen molar-refractivity contribution in [3.63, 3.8) is 0 Å². The molecule has 0 saturated heterocycles. The first-order chi connectivity index (χ1) is 13.2. The third-order valence-corrected chi connectivity index (χ3v) is 4.62. The lowest BCUT2D eigenvalue weighted by Crippen LogP contribution is -2.23. The number of carbonyl (C=O) groups excluding carboxylic acids is 1. The number of rotatable bonds is 5. The molecule has 1 aliphatic heterocycles. The molecule has 0 fully saturated rings. The molecule has 2 aromatic carbocycles. The zero-order chi connectivity index (χ0) is 18.6. The van der Waals surface area contributed by atoms with Crippen LogP contribution in [-0.4, -0.2) is 17.7 Å². The van der Waals surface area contributed by atoms with Crippen LogP contribution in [0.25, 0.3) is 0 Å². The van der Waals surface area contributed by atoms with E-state index in [1.807, 2.05) is 30.3 Å². The number of aromatic nitrogens is 1. The molecule has 1 amide bonds. The highest BCUT2D eigenvalue weighted by atomic mass is 35.5. The molecule has 0 radical (unpaired) electrons. The van der Waals surface area contributed by atoms with Crippen molar-refractivity contribution >= 4 is 23.2 Å². The molecule has 5 nitrogen and oxygen atoms in total. The van der Waals surface area contributed by atoms with E-state index in [-0.39, 0.29) is 12.7 Å². The van der Waals surface area contributed by atoms with E-state index in [1.54, 1.807) is 36.5 Å². The maximum Gasteiger partial charge on any atom is 0.232 e. The van der Waals surface area contributed by atoms with Crippen LogP contribution in [0.2, 0.25) is 5.02 Å². The number of amides is 1. The average molecular weight is 381 g/mol. The number of carbonyl (C=O) groups is 1. The molecule has 4 rings (SSSR count). The van der Waals surface area contributed by atoms with Crippen molar-refractivity contribution < 1.29 is 14.3 Å². The van der Waals surface area contributed by atoms with Crippen molar-refractivity contribution in [2.24, 2.45) is 0 Å². The fourth-order valence-corrected chi connectivity index (χ4v) is 3.11. The van der Waals surface area contributed by atoms with Crippen molar-refractivity contribution in [3.8, 4) is 11.5 Å². The highest BCUT2D eigenvalue weighted by Crippen LogP contribution is 2.34. The van der Waals surface area contributed by atoms with Crippen LogP contribution in [-0.2, 0) is 11.2 Å². The van der Waals surface area contributed by atoms with Crippen molar-refractivity contribution in [2.45, 2.75) is 12.3 Å². The second-order valence-corrected chi connectivity index (χ2v) is 6.62. The highest BCUT2D eigenvalue weighted by molar-refractivity contribution is 6.30. The van der Waals surface area contributed by atoms with Gasteiger partial charge in [0.15, 0.2) is 11.5 Å². The molecule has 0 saturated carbocycles. The lowest BCUT2D eigenvalue weighted by molar-refractivity contribution is -0.117. The van der Waals surface area contributed by atoms with Crippen LogP contribution in [0.5, 0.6) is 11.5 Å². The van der Waals surface area contributed by atoms with Gasteiger partial charge in [-0.2, -0.15) is 0 Å². The molecule has 1 aromatic heterocycles. The van der Waals surface area contributed by atoms with Gasteiger partial charge in [0.25, 0.3) is 0 Å². The predicted molar refractivity (Wildman–Crippen MR) is 103 cm³/mol. The minimum Gasteiger partial charge on any atom is -0.454 e. The Morgan fingerprint density at radius 1 is 1.07 bits per heavy atom. The van der Waals surface area contributed by atoms with Crippen LogP contribution < -0.4 is 14.8 Å². The molecule has 1 atom stereocenters. The summed E-state index contributed by atoms with van der Waals surface area (Å²) in [7, 11) is 0. The Bertz CT molecular complexity index is 945. The number of pyridine rings is 1. The summed E-state index contributed by atoms with van der Waals surface area (Å²) in [6.07, 6.45) is 2.21. The minimum absolute atomic E-state index is 0.123. The molecule has 1 aliphatic rings. The van der Waals surface area contributed by atoms with E-state index >= 15 is 0 Å². The van der Waals surface area contributed by atoms with E-state index in [1.165, 1.54) is 0 Å². The first kappa shape index (κ1) is 17.4. The average Bonchev–Trinajstić information content (AvgIpc) is 3.15. The van der Waals surface area contributed by atoms with Crippen LogP contribution in [0.4, 0.5) is 5.69 Å². The number of anilines is 1. The van der Waals surface area contributed by atoms with E-state index in [0.29, 0.717) is 28.6 Å². The van der Waals surface area contributed by atoms with Gasteiger partial charge in [-0.05, 0) is 42.0 Å². The first-order valence-electron chi connectivity index (χ1n) is 8.55. The summed E-state index contributed by atoms with van der Waals surface area (Å²) >= 11 is 6.00. The molecule has 2 heterocycles. The lowest BCUT2D eigenvalue weighted by atomic mass is 9.93. The molecule has 1 unspecified atom stereocenters. The molecule has 6 heteroatoms. The van der Waals surface area contributed by atoms with Gasteiger partial charge in [0.1, 0.15) is 0 Å². The van der Waals surface area contributed by atoms with Gasteiger partial charge >= 0.3 is 0 Å². The van der Waals surface area contributed by atoms with Crippen LogP contribution in [0.1, 0.15) is 17.2 Å². The van der Waals surface area contributed by atoms with Crippen molar-refractivity contribution in [2.75, 3.05) is 12.1 Å². The Balaban J connectivity index is 1.59. The van der Waals surface area contributed by atoms with Crippen molar-refractivity contribution in [3.05, 3.63) is 83.1 Å². The van der Waals surface area contributed by atoms with Crippen LogP contribution >= 0.6 is 11.6 Å². The molecule has 136 valence electrons. The Morgan fingerprint density at radius 2 is 1.89 bits per heavy atom. The summed E-state index contributed by atoms with van der Waals surface area (Å²) in [5, 5.41) is 3.60. The Kier molecular flexibility index (Phi) is 4.94. The smallest absolute Gasteiger partial charge is 0.232 e. The second-order valence-electron chi connectivity index (χ2n) is 6.19. The van der Waals surface area contributed by atoms with Gasteiger partial charge in [-0.25, -0.2) is 0 Å². The SMILES string of the molecule is O=C(Nc1ccc2c(c1)OCO2)C(Cc1ccccn1)c1ccc(Cl)cc1. The van der Waals surface area contributed by atoms with Gasteiger partial charge < -0.3 is 14.8 Å². The van der Waals surface area contributed by atoms with Crippen molar-refractivity contribution in [1.82, 2.24) is 4.98 Å². The molecule has 0 aliphatic carbocycles. The molecule has 27 heavy (non-hydrogen) atoms.